The van der Waals surface area contributed by atoms with Crippen molar-refractivity contribution >= 4 is 21.4 Å². The standard InChI is InChI=1S/C18H13ClN4O3S/c19-14-8-6-13(7-9-14)17-22-21-16(26-17)11-27(24,25)18-15(10-20-23-18)12-4-2-1-3-5-12/h1-10H,11H2,(H,20,23). The fourth-order valence-corrected chi connectivity index (χ4v) is 4.00. The zero-order chi connectivity index (χ0) is 18.9. The van der Waals surface area contributed by atoms with Gasteiger partial charge in [0.05, 0.1) is 6.20 Å². The van der Waals surface area contributed by atoms with Gasteiger partial charge < -0.3 is 4.42 Å². The Morgan fingerprint density at radius 1 is 0.963 bits per heavy atom. The number of sulfone groups is 1. The third kappa shape index (κ3) is 3.62. The van der Waals surface area contributed by atoms with Crippen LogP contribution in [0.5, 0.6) is 0 Å². The van der Waals surface area contributed by atoms with Crippen LogP contribution in [0.4, 0.5) is 0 Å². The molecule has 0 bridgehead atoms. The summed E-state index contributed by atoms with van der Waals surface area (Å²) in [5.41, 5.74) is 1.90. The Morgan fingerprint density at radius 2 is 1.70 bits per heavy atom. The number of halogens is 1. The fraction of sp³-hybridized carbons (Fsp3) is 0.0556. The van der Waals surface area contributed by atoms with Crippen LogP contribution in [-0.2, 0) is 15.6 Å². The third-order valence-corrected chi connectivity index (χ3v) is 5.68. The molecular weight excluding hydrogens is 388 g/mol. The first-order valence-electron chi connectivity index (χ1n) is 7.93. The van der Waals surface area contributed by atoms with Crippen molar-refractivity contribution in [1.82, 2.24) is 20.4 Å². The summed E-state index contributed by atoms with van der Waals surface area (Å²) < 4.78 is 31.2. The molecule has 1 N–H and O–H groups in total. The van der Waals surface area contributed by atoms with Gasteiger partial charge in [-0.2, -0.15) is 5.10 Å². The molecule has 2 aromatic heterocycles. The summed E-state index contributed by atoms with van der Waals surface area (Å²) in [6, 6.07) is 16.0. The predicted octanol–water partition coefficient (Wildman–Crippen LogP) is 3.75. The number of aromatic nitrogens is 4. The summed E-state index contributed by atoms with van der Waals surface area (Å²) in [7, 11) is -3.76. The number of aromatic amines is 1. The van der Waals surface area contributed by atoms with Gasteiger partial charge in [-0.25, -0.2) is 8.42 Å². The molecule has 2 heterocycles. The number of hydrogen-bond donors (Lipinski definition) is 1. The average molecular weight is 401 g/mol. The third-order valence-electron chi connectivity index (χ3n) is 3.87. The Labute approximate surface area is 159 Å². The number of H-pyrrole nitrogens is 1. The SMILES string of the molecule is O=S(=O)(Cc1nnc(-c2ccc(Cl)cc2)o1)c1[nH]ncc1-c1ccccc1. The molecule has 0 aliphatic heterocycles. The van der Waals surface area contributed by atoms with Crippen LogP contribution in [0.3, 0.4) is 0 Å². The second-order valence-electron chi connectivity index (χ2n) is 5.75. The quantitative estimate of drug-likeness (QED) is 0.547. The van der Waals surface area contributed by atoms with Gasteiger partial charge in [0.25, 0.3) is 0 Å². The minimum absolute atomic E-state index is 0.00596. The Balaban J connectivity index is 1.62. The molecule has 4 aromatic rings. The van der Waals surface area contributed by atoms with Gasteiger partial charge in [0.2, 0.25) is 21.6 Å². The molecule has 7 nitrogen and oxygen atoms in total. The van der Waals surface area contributed by atoms with Crippen molar-refractivity contribution < 1.29 is 12.8 Å². The Kier molecular flexibility index (Phi) is 4.51. The Bertz CT molecular complexity index is 1170. The average Bonchev–Trinajstić information content (AvgIpc) is 3.33. The minimum atomic E-state index is -3.76. The monoisotopic (exact) mass is 400 g/mol. The summed E-state index contributed by atoms with van der Waals surface area (Å²) in [5, 5.41) is 14.8. The van der Waals surface area contributed by atoms with Gasteiger partial charge in [-0.3, -0.25) is 5.10 Å². The maximum atomic E-state index is 12.8. The molecule has 9 heteroatoms. The number of benzene rings is 2. The molecule has 0 saturated carbocycles. The molecular formula is C18H13ClN4O3S. The first kappa shape index (κ1) is 17.4. The van der Waals surface area contributed by atoms with E-state index >= 15 is 0 Å². The molecule has 4 rings (SSSR count). The van der Waals surface area contributed by atoms with Crippen LogP contribution in [0, 0.1) is 0 Å². The van der Waals surface area contributed by atoms with E-state index in [2.05, 4.69) is 20.4 Å². The van der Waals surface area contributed by atoms with Gasteiger partial charge >= 0.3 is 0 Å². The molecule has 0 aliphatic carbocycles. The number of nitrogens with one attached hydrogen (secondary N) is 1. The largest absolute Gasteiger partial charge is 0.420 e. The topological polar surface area (TPSA) is 102 Å². The van der Waals surface area contributed by atoms with Gasteiger partial charge in [0.1, 0.15) is 5.75 Å². The van der Waals surface area contributed by atoms with Gasteiger partial charge in [0.15, 0.2) is 5.03 Å². The first-order valence-corrected chi connectivity index (χ1v) is 9.96. The van der Waals surface area contributed by atoms with Crippen molar-refractivity contribution in [2.75, 3.05) is 0 Å². The van der Waals surface area contributed by atoms with E-state index in [-0.39, 0.29) is 16.8 Å². The van der Waals surface area contributed by atoms with Crippen molar-refractivity contribution in [2.24, 2.45) is 0 Å². The van der Waals surface area contributed by atoms with E-state index in [1.807, 2.05) is 30.3 Å². The van der Waals surface area contributed by atoms with Crippen molar-refractivity contribution in [1.29, 1.82) is 0 Å². The first-order chi connectivity index (χ1) is 13.0. The molecule has 0 atom stereocenters. The minimum Gasteiger partial charge on any atom is -0.420 e. The highest BCUT2D eigenvalue weighted by atomic mass is 35.5. The lowest BCUT2D eigenvalue weighted by molar-refractivity contribution is 0.517. The molecule has 27 heavy (non-hydrogen) atoms. The highest BCUT2D eigenvalue weighted by Gasteiger charge is 2.25. The van der Waals surface area contributed by atoms with Crippen LogP contribution in [0.15, 0.2) is 70.2 Å². The van der Waals surface area contributed by atoms with Crippen LogP contribution in [0.2, 0.25) is 5.02 Å². The zero-order valence-electron chi connectivity index (χ0n) is 13.8. The second kappa shape index (κ2) is 6.98. The van der Waals surface area contributed by atoms with Gasteiger partial charge in [-0.05, 0) is 29.8 Å². The maximum Gasteiger partial charge on any atom is 0.247 e. The molecule has 0 amide bonds. The zero-order valence-corrected chi connectivity index (χ0v) is 15.4. The van der Waals surface area contributed by atoms with Crippen molar-refractivity contribution in [2.45, 2.75) is 10.8 Å². The van der Waals surface area contributed by atoms with Crippen LogP contribution in [-0.4, -0.2) is 28.8 Å². The fourth-order valence-electron chi connectivity index (χ4n) is 2.59. The van der Waals surface area contributed by atoms with E-state index in [0.717, 1.165) is 5.56 Å². The Morgan fingerprint density at radius 3 is 2.44 bits per heavy atom. The van der Waals surface area contributed by atoms with E-state index in [1.54, 1.807) is 24.3 Å². The van der Waals surface area contributed by atoms with Gasteiger partial charge in [-0.15, -0.1) is 10.2 Å². The molecule has 0 radical (unpaired) electrons. The lowest BCUT2D eigenvalue weighted by atomic mass is 10.1. The summed E-state index contributed by atoms with van der Waals surface area (Å²) >= 11 is 5.86. The highest BCUT2D eigenvalue weighted by molar-refractivity contribution is 7.90. The molecule has 0 fully saturated rings. The predicted molar refractivity (Wildman–Crippen MR) is 99.7 cm³/mol. The lowest BCUT2D eigenvalue weighted by Gasteiger charge is -2.03. The summed E-state index contributed by atoms with van der Waals surface area (Å²) in [6.45, 7) is 0. The van der Waals surface area contributed by atoms with Crippen molar-refractivity contribution in [3.63, 3.8) is 0 Å². The van der Waals surface area contributed by atoms with Crippen LogP contribution in [0.1, 0.15) is 5.89 Å². The van der Waals surface area contributed by atoms with Crippen LogP contribution < -0.4 is 0 Å². The second-order valence-corrected chi connectivity index (χ2v) is 8.11. The smallest absolute Gasteiger partial charge is 0.247 e. The summed E-state index contributed by atoms with van der Waals surface area (Å²) in [6.07, 6.45) is 1.48. The van der Waals surface area contributed by atoms with E-state index in [0.29, 0.717) is 16.1 Å². The molecule has 136 valence electrons. The van der Waals surface area contributed by atoms with Gasteiger partial charge in [-0.1, -0.05) is 41.9 Å². The van der Waals surface area contributed by atoms with E-state index in [9.17, 15) is 8.42 Å². The lowest BCUT2D eigenvalue weighted by Crippen LogP contribution is -2.07. The number of hydrogen-bond acceptors (Lipinski definition) is 6. The van der Waals surface area contributed by atoms with E-state index < -0.39 is 15.6 Å². The Hall–Kier alpha value is -2.97. The molecule has 0 spiro atoms. The number of nitrogens with zero attached hydrogens (tertiary/aromatic N) is 3. The van der Waals surface area contributed by atoms with E-state index in [4.69, 9.17) is 16.0 Å². The van der Waals surface area contributed by atoms with E-state index in [1.165, 1.54) is 6.20 Å². The highest BCUT2D eigenvalue weighted by Crippen LogP contribution is 2.28. The van der Waals surface area contributed by atoms with Crippen molar-refractivity contribution in [3.05, 3.63) is 71.7 Å². The molecule has 2 aromatic carbocycles. The molecule has 0 saturated heterocycles. The maximum absolute atomic E-state index is 12.8. The normalized spacial score (nSPS) is 11.6. The van der Waals surface area contributed by atoms with Gasteiger partial charge in [0, 0.05) is 16.1 Å². The molecule has 0 unspecified atom stereocenters. The summed E-state index contributed by atoms with van der Waals surface area (Å²) in [4.78, 5) is 0. The number of rotatable bonds is 5. The summed E-state index contributed by atoms with van der Waals surface area (Å²) in [5.74, 6) is -0.214. The van der Waals surface area contributed by atoms with Crippen LogP contribution >= 0.6 is 11.6 Å². The molecule has 0 aliphatic rings. The van der Waals surface area contributed by atoms with Crippen LogP contribution in [0.25, 0.3) is 22.6 Å². The van der Waals surface area contributed by atoms with Crippen molar-refractivity contribution in [3.8, 4) is 22.6 Å².